The SMILES string of the molecule is Cc1ccc(C)c2sc(NC(=O)C3Cc4ccccc4C(=O)O3)nc12. The van der Waals surface area contributed by atoms with Crippen LogP contribution in [0.2, 0.25) is 0 Å². The van der Waals surface area contributed by atoms with Gasteiger partial charge < -0.3 is 4.74 Å². The molecule has 0 radical (unpaired) electrons. The number of carbonyl (C=O) groups is 2. The second-order valence-electron chi connectivity index (χ2n) is 6.14. The molecule has 1 N–H and O–H groups in total. The number of aromatic nitrogens is 1. The van der Waals surface area contributed by atoms with Gasteiger partial charge in [-0.3, -0.25) is 10.1 Å². The molecule has 1 amide bonds. The lowest BCUT2D eigenvalue weighted by molar-refractivity contribution is -0.125. The van der Waals surface area contributed by atoms with E-state index < -0.39 is 12.1 Å². The lowest BCUT2D eigenvalue weighted by Crippen LogP contribution is -2.37. The van der Waals surface area contributed by atoms with Crippen molar-refractivity contribution in [1.82, 2.24) is 4.98 Å². The summed E-state index contributed by atoms with van der Waals surface area (Å²) in [5.74, 6) is -0.810. The number of nitrogens with one attached hydrogen (secondary N) is 1. The summed E-state index contributed by atoms with van der Waals surface area (Å²) in [5, 5.41) is 3.32. The number of thiazole rings is 1. The van der Waals surface area contributed by atoms with Gasteiger partial charge in [0.05, 0.1) is 15.8 Å². The van der Waals surface area contributed by atoms with Gasteiger partial charge in [0.15, 0.2) is 11.2 Å². The molecule has 0 fully saturated rings. The van der Waals surface area contributed by atoms with E-state index in [0.29, 0.717) is 17.1 Å². The molecular formula is C19H16N2O3S. The number of ether oxygens (including phenoxy) is 1. The van der Waals surface area contributed by atoms with E-state index in [2.05, 4.69) is 10.3 Å². The molecule has 25 heavy (non-hydrogen) atoms. The number of aryl methyl sites for hydroxylation is 2. The van der Waals surface area contributed by atoms with Gasteiger partial charge in [-0.05, 0) is 36.6 Å². The zero-order valence-corrected chi connectivity index (χ0v) is 14.6. The van der Waals surface area contributed by atoms with Crippen molar-refractivity contribution in [3.63, 3.8) is 0 Å². The maximum atomic E-state index is 12.5. The summed E-state index contributed by atoms with van der Waals surface area (Å²) in [4.78, 5) is 29.1. The summed E-state index contributed by atoms with van der Waals surface area (Å²) < 4.78 is 6.35. The highest BCUT2D eigenvalue weighted by Gasteiger charge is 2.31. The van der Waals surface area contributed by atoms with E-state index in [4.69, 9.17) is 4.74 Å². The first kappa shape index (κ1) is 15.8. The lowest BCUT2D eigenvalue weighted by atomic mass is 9.98. The van der Waals surface area contributed by atoms with E-state index in [1.165, 1.54) is 11.3 Å². The van der Waals surface area contributed by atoms with Crippen LogP contribution in [0.1, 0.15) is 27.0 Å². The largest absolute Gasteiger partial charge is 0.448 e. The normalized spacial score (nSPS) is 16.4. The molecule has 1 atom stereocenters. The van der Waals surface area contributed by atoms with Gasteiger partial charge in [0, 0.05) is 6.42 Å². The van der Waals surface area contributed by atoms with Crippen LogP contribution in [0, 0.1) is 13.8 Å². The third-order valence-electron chi connectivity index (χ3n) is 4.36. The van der Waals surface area contributed by atoms with Crippen molar-refractivity contribution >= 4 is 38.6 Å². The third kappa shape index (κ3) is 2.78. The summed E-state index contributed by atoms with van der Waals surface area (Å²) in [6.07, 6.45) is -0.465. The number of hydrogen-bond donors (Lipinski definition) is 1. The van der Waals surface area contributed by atoms with E-state index in [-0.39, 0.29) is 5.91 Å². The first-order chi connectivity index (χ1) is 12.0. The molecule has 3 aromatic rings. The van der Waals surface area contributed by atoms with Gasteiger partial charge in [-0.15, -0.1) is 0 Å². The minimum absolute atomic E-state index is 0.350. The number of fused-ring (bicyclic) bond motifs is 2. The fraction of sp³-hybridized carbons (Fsp3) is 0.211. The fourth-order valence-electron chi connectivity index (χ4n) is 2.98. The number of rotatable bonds is 2. The number of benzene rings is 2. The molecule has 0 saturated heterocycles. The Morgan fingerprint density at radius 3 is 2.76 bits per heavy atom. The van der Waals surface area contributed by atoms with E-state index in [0.717, 1.165) is 26.9 Å². The van der Waals surface area contributed by atoms with Crippen molar-refractivity contribution in [2.24, 2.45) is 0 Å². The zero-order valence-electron chi connectivity index (χ0n) is 13.8. The first-order valence-corrected chi connectivity index (χ1v) is 8.81. The van der Waals surface area contributed by atoms with Crippen LogP contribution in [0.4, 0.5) is 5.13 Å². The predicted octanol–water partition coefficient (Wildman–Crippen LogP) is 3.63. The number of hydrogen-bond acceptors (Lipinski definition) is 5. The Kier molecular flexibility index (Phi) is 3.77. The first-order valence-electron chi connectivity index (χ1n) is 7.99. The Labute approximate surface area is 148 Å². The summed E-state index contributed by atoms with van der Waals surface area (Å²) in [7, 11) is 0. The minimum atomic E-state index is -0.836. The Bertz CT molecular complexity index is 970. The number of nitrogens with zero attached hydrogens (tertiary/aromatic N) is 1. The molecular weight excluding hydrogens is 336 g/mol. The maximum absolute atomic E-state index is 12.5. The van der Waals surface area contributed by atoms with Gasteiger partial charge in [0.25, 0.3) is 5.91 Å². The molecule has 2 heterocycles. The molecule has 0 saturated carbocycles. The van der Waals surface area contributed by atoms with Crippen LogP contribution >= 0.6 is 11.3 Å². The summed E-state index contributed by atoms with van der Waals surface area (Å²) in [5.41, 5.74) is 4.44. The number of cyclic esters (lactones) is 1. The van der Waals surface area contributed by atoms with Gasteiger partial charge in [-0.1, -0.05) is 41.7 Å². The molecule has 1 unspecified atom stereocenters. The number of anilines is 1. The van der Waals surface area contributed by atoms with Crippen LogP contribution in [0.25, 0.3) is 10.2 Å². The highest BCUT2D eigenvalue weighted by molar-refractivity contribution is 7.22. The highest BCUT2D eigenvalue weighted by atomic mass is 32.1. The second-order valence-corrected chi connectivity index (χ2v) is 7.14. The Morgan fingerprint density at radius 2 is 1.96 bits per heavy atom. The molecule has 0 bridgehead atoms. The van der Waals surface area contributed by atoms with E-state index in [1.54, 1.807) is 12.1 Å². The Hall–Kier alpha value is -2.73. The lowest BCUT2D eigenvalue weighted by Gasteiger charge is -2.23. The molecule has 1 aromatic heterocycles. The van der Waals surface area contributed by atoms with Crippen molar-refractivity contribution in [3.8, 4) is 0 Å². The standard InChI is InChI=1S/C19H16N2O3S/c1-10-7-8-11(2)16-15(10)20-19(25-16)21-17(22)14-9-12-5-3-4-6-13(12)18(23)24-14/h3-8,14H,9H2,1-2H3,(H,20,21,22). The van der Waals surface area contributed by atoms with Gasteiger partial charge in [-0.2, -0.15) is 0 Å². The monoisotopic (exact) mass is 352 g/mol. The van der Waals surface area contributed by atoms with Crippen LogP contribution in [0.3, 0.4) is 0 Å². The van der Waals surface area contributed by atoms with Crippen molar-refractivity contribution in [2.75, 3.05) is 5.32 Å². The van der Waals surface area contributed by atoms with Gasteiger partial charge in [0.1, 0.15) is 0 Å². The van der Waals surface area contributed by atoms with Crippen LogP contribution in [0.15, 0.2) is 36.4 Å². The molecule has 126 valence electrons. The highest BCUT2D eigenvalue weighted by Crippen LogP contribution is 2.31. The maximum Gasteiger partial charge on any atom is 0.339 e. The van der Waals surface area contributed by atoms with E-state index in [9.17, 15) is 9.59 Å². The molecule has 1 aliphatic rings. The summed E-state index contributed by atoms with van der Waals surface area (Å²) in [6, 6.07) is 11.3. The molecule has 0 aliphatic carbocycles. The van der Waals surface area contributed by atoms with E-state index in [1.807, 2.05) is 38.1 Å². The summed E-state index contributed by atoms with van der Waals surface area (Å²) in [6.45, 7) is 4.01. The van der Waals surface area contributed by atoms with Gasteiger partial charge >= 0.3 is 5.97 Å². The number of amides is 1. The van der Waals surface area contributed by atoms with Crippen LogP contribution in [-0.2, 0) is 16.0 Å². The molecule has 2 aromatic carbocycles. The molecule has 6 heteroatoms. The Balaban J connectivity index is 1.58. The second kappa shape index (κ2) is 5.97. The average Bonchev–Trinajstić information content (AvgIpc) is 3.03. The average molecular weight is 352 g/mol. The number of carbonyl (C=O) groups excluding carboxylic acids is 2. The number of esters is 1. The predicted molar refractivity (Wildman–Crippen MR) is 97.1 cm³/mol. The van der Waals surface area contributed by atoms with Crippen molar-refractivity contribution in [1.29, 1.82) is 0 Å². The van der Waals surface area contributed by atoms with Gasteiger partial charge in [-0.25, -0.2) is 9.78 Å². The van der Waals surface area contributed by atoms with E-state index >= 15 is 0 Å². The fourth-order valence-corrected chi connectivity index (χ4v) is 3.99. The molecule has 5 nitrogen and oxygen atoms in total. The quantitative estimate of drug-likeness (QED) is 0.715. The third-order valence-corrected chi connectivity index (χ3v) is 5.46. The summed E-state index contributed by atoms with van der Waals surface area (Å²) >= 11 is 1.43. The van der Waals surface area contributed by atoms with Crippen LogP contribution in [-0.4, -0.2) is 23.0 Å². The molecule has 1 aliphatic heterocycles. The van der Waals surface area contributed by atoms with Crippen LogP contribution < -0.4 is 5.32 Å². The minimum Gasteiger partial charge on any atom is -0.448 e. The smallest absolute Gasteiger partial charge is 0.339 e. The van der Waals surface area contributed by atoms with Crippen molar-refractivity contribution in [3.05, 3.63) is 58.7 Å². The van der Waals surface area contributed by atoms with Crippen molar-refractivity contribution < 1.29 is 14.3 Å². The molecule has 0 spiro atoms. The Morgan fingerprint density at radius 1 is 1.20 bits per heavy atom. The van der Waals surface area contributed by atoms with Crippen LogP contribution in [0.5, 0.6) is 0 Å². The zero-order chi connectivity index (χ0) is 17.6. The topological polar surface area (TPSA) is 68.3 Å². The van der Waals surface area contributed by atoms with Crippen molar-refractivity contribution in [2.45, 2.75) is 26.4 Å². The van der Waals surface area contributed by atoms with Gasteiger partial charge in [0.2, 0.25) is 0 Å². The molecule has 4 rings (SSSR count).